The van der Waals surface area contributed by atoms with Crippen LogP contribution in [0.5, 0.6) is 5.75 Å². The average molecular weight is 296 g/mol. The Labute approximate surface area is 119 Å². The highest BCUT2D eigenvalue weighted by atomic mass is 35.5. The van der Waals surface area contributed by atoms with Gasteiger partial charge in [-0.2, -0.15) is 0 Å². The zero-order valence-corrected chi connectivity index (χ0v) is 12.0. The van der Waals surface area contributed by atoms with Crippen LogP contribution in [0.2, 0.25) is 5.02 Å². The molecule has 2 N–H and O–H groups in total. The van der Waals surface area contributed by atoms with Gasteiger partial charge in [-0.3, -0.25) is 4.21 Å². The number of hydrogen-bond donors (Lipinski definition) is 1. The van der Waals surface area contributed by atoms with E-state index in [0.29, 0.717) is 27.1 Å². The topological polar surface area (TPSA) is 52.3 Å². The van der Waals surface area contributed by atoms with Crippen LogP contribution in [0.4, 0.5) is 5.69 Å². The highest BCUT2D eigenvalue weighted by molar-refractivity contribution is 7.84. The summed E-state index contributed by atoms with van der Waals surface area (Å²) in [5.74, 6) is 0.991. The van der Waals surface area contributed by atoms with Crippen molar-refractivity contribution in [3.05, 3.63) is 53.1 Å². The summed E-state index contributed by atoms with van der Waals surface area (Å²) < 4.78 is 17.3. The van der Waals surface area contributed by atoms with E-state index in [2.05, 4.69) is 0 Å². The summed E-state index contributed by atoms with van der Waals surface area (Å²) in [5.41, 5.74) is 7.25. The van der Waals surface area contributed by atoms with E-state index >= 15 is 0 Å². The zero-order chi connectivity index (χ0) is 13.8. The molecule has 2 rings (SSSR count). The second-order valence-electron chi connectivity index (χ2n) is 4.00. The maximum absolute atomic E-state index is 12.3. The SMILES string of the molecule is COc1ccc(CS(=O)c2ccccc2Cl)cc1N. The van der Waals surface area contributed by atoms with Crippen LogP contribution in [0.1, 0.15) is 5.56 Å². The number of rotatable bonds is 4. The minimum Gasteiger partial charge on any atom is -0.495 e. The fourth-order valence-electron chi connectivity index (χ4n) is 1.73. The van der Waals surface area contributed by atoms with Gasteiger partial charge in [-0.1, -0.05) is 29.8 Å². The standard InChI is InChI=1S/C14H14ClNO2S/c1-18-13-7-6-10(8-12(13)16)9-19(17)14-5-3-2-4-11(14)15/h2-8H,9,16H2,1H3. The molecular weight excluding hydrogens is 282 g/mol. The summed E-state index contributed by atoms with van der Waals surface area (Å²) in [6.45, 7) is 0. The Morgan fingerprint density at radius 1 is 1.26 bits per heavy atom. The lowest BCUT2D eigenvalue weighted by atomic mass is 10.2. The van der Waals surface area contributed by atoms with Crippen molar-refractivity contribution in [3.8, 4) is 5.75 Å². The average Bonchev–Trinajstić information content (AvgIpc) is 2.39. The van der Waals surface area contributed by atoms with Crippen molar-refractivity contribution >= 4 is 28.1 Å². The third-order valence-corrected chi connectivity index (χ3v) is 4.56. The van der Waals surface area contributed by atoms with Crippen molar-refractivity contribution < 1.29 is 8.95 Å². The molecule has 0 amide bonds. The molecule has 5 heteroatoms. The van der Waals surface area contributed by atoms with Crippen molar-refractivity contribution in [2.45, 2.75) is 10.6 Å². The molecule has 0 spiro atoms. The monoisotopic (exact) mass is 295 g/mol. The van der Waals surface area contributed by atoms with Crippen molar-refractivity contribution in [1.29, 1.82) is 0 Å². The molecule has 0 aliphatic rings. The Hall–Kier alpha value is -1.52. The highest BCUT2D eigenvalue weighted by Gasteiger charge is 2.10. The lowest BCUT2D eigenvalue weighted by Gasteiger charge is -2.08. The zero-order valence-electron chi connectivity index (χ0n) is 10.4. The van der Waals surface area contributed by atoms with Crippen molar-refractivity contribution in [2.24, 2.45) is 0 Å². The number of benzene rings is 2. The first-order valence-electron chi connectivity index (χ1n) is 5.67. The summed E-state index contributed by atoms with van der Waals surface area (Å²) in [6.07, 6.45) is 0. The highest BCUT2D eigenvalue weighted by Crippen LogP contribution is 2.25. The molecular formula is C14H14ClNO2S. The molecule has 3 nitrogen and oxygen atoms in total. The van der Waals surface area contributed by atoms with E-state index in [1.165, 1.54) is 0 Å². The Morgan fingerprint density at radius 3 is 2.63 bits per heavy atom. The molecule has 0 aliphatic carbocycles. The number of anilines is 1. The quantitative estimate of drug-likeness (QED) is 0.881. The lowest BCUT2D eigenvalue weighted by molar-refractivity contribution is 0.417. The van der Waals surface area contributed by atoms with Gasteiger partial charge in [0.15, 0.2) is 0 Å². The fourth-order valence-corrected chi connectivity index (χ4v) is 3.28. The minimum atomic E-state index is -1.19. The third-order valence-electron chi connectivity index (χ3n) is 2.67. The fraction of sp³-hybridized carbons (Fsp3) is 0.143. The summed E-state index contributed by atoms with van der Waals surface area (Å²) in [7, 11) is 0.372. The minimum absolute atomic E-state index is 0.373. The molecule has 0 saturated heterocycles. The molecule has 0 aliphatic heterocycles. The molecule has 0 heterocycles. The number of halogens is 1. The Morgan fingerprint density at radius 2 is 2.00 bits per heavy atom. The second-order valence-corrected chi connectivity index (χ2v) is 5.82. The van der Waals surface area contributed by atoms with Crippen molar-refractivity contribution in [1.82, 2.24) is 0 Å². The Balaban J connectivity index is 2.20. The predicted octanol–water partition coefficient (Wildman–Crippen LogP) is 3.24. The molecule has 0 bridgehead atoms. The predicted molar refractivity (Wildman–Crippen MR) is 79.0 cm³/mol. The van der Waals surface area contributed by atoms with Crippen LogP contribution in [0.3, 0.4) is 0 Å². The Bertz CT molecular complexity index is 616. The second kappa shape index (κ2) is 6.08. The number of nitrogens with two attached hydrogens (primary N) is 1. The van der Waals surface area contributed by atoms with E-state index in [1.54, 1.807) is 31.4 Å². The maximum atomic E-state index is 12.3. The smallest absolute Gasteiger partial charge is 0.141 e. The van der Waals surface area contributed by atoms with Crippen LogP contribution in [0.25, 0.3) is 0 Å². The largest absolute Gasteiger partial charge is 0.495 e. The van der Waals surface area contributed by atoms with Crippen molar-refractivity contribution in [2.75, 3.05) is 12.8 Å². The van der Waals surface area contributed by atoms with Crippen LogP contribution in [0, 0.1) is 0 Å². The van der Waals surface area contributed by atoms with Gasteiger partial charge >= 0.3 is 0 Å². The summed E-state index contributed by atoms with van der Waals surface area (Å²) in [6, 6.07) is 12.5. The molecule has 1 atom stereocenters. The van der Waals surface area contributed by atoms with Crippen LogP contribution in [-0.2, 0) is 16.6 Å². The first-order chi connectivity index (χ1) is 9.11. The van der Waals surface area contributed by atoms with Gasteiger partial charge in [0, 0.05) is 0 Å². The number of ether oxygens (including phenoxy) is 1. The van der Waals surface area contributed by atoms with Crippen molar-refractivity contribution in [3.63, 3.8) is 0 Å². The van der Waals surface area contributed by atoms with Gasteiger partial charge in [0.2, 0.25) is 0 Å². The van der Waals surface area contributed by atoms with E-state index in [-0.39, 0.29) is 0 Å². The molecule has 100 valence electrons. The molecule has 0 radical (unpaired) electrons. The number of nitrogen functional groups attached to an aromatic ring is 1. The van der Waals surface area contributed by atoms with Gasteiger partial charge in [-0.05, 0) is 29.8 Å². The number of hydrogen-bond acceptors (Lipinski definition) is 3. The van der Waals surface area contributed by atoms with Crippen LogP contribution < -0.4 is 10.5 Å². The summed E-state index contributed by atoms with van der Waals surface area (Å²) in [5, 5.41) is 0.516. The Kier molecular flexibility index (Phi) is 4.45. The van der Waals surface area contributed by atoms with Gasteiger partial charge in [0.25, 0.3) is 0 Å². The summed E-state index contributed by atoms with van der Waals surface area (Å²) >= 11 is 6.03. The first kappa shape index (κ1) is 13.9. The molecule has 2 aromatic carbocycles. The lowest BCUT2D eigenvalue weighted by Crippen LogP contribution is -1.99. The molecule has 0 fully saturated rings. The number of methoxy groups -OCH3 is 1. The van der Waals surface area contributed by atoms with E-state index in [9.17, 15) is 4.21 Å². The normalized spacial score (nSPS) is 12.1. The first-order valence-corrected chi connectivity index (χ1v) is 7.37. The molecule has 0 aromatic heterocycles. The molecule has 1 unspecified atom stereocenters. The van der Waals surface area contributed by atoms with Gasteiger partial charge in [0.05, 0.1) is 39.3 Å². The van der Waals surface area contributed by atoms with E-state index in [1.807, 2.05) is 18.2 Å². The maximum Gasteiger partial charge on any atom is 0.141 e. The van der Waals surface area contributed by atoms with Crippen LogP contribution >= 0.6 is 11.6 Å². The van der Waals surface area contributed by atoms with Crippen LogP contribution in [0.15, 0.2) is 47.4 Å². The summed E-state index contributed by atoms with van der Waals surface area (Å²) in [4.78, 5) is 0.638. The van der Waals surface area contributed by atoms with Gasteiger partial charge in [-0.25, -0.2) is 0 Å². The van der Waals surface area contributed by atoms with E-state index < -0.39 is 10.8 Å². The van der Waals surface area contributed by atoms with E-state index in [4.69, 9.17) is 22.1 Å². The molecule has 19 heavy (non-hydrogen) atoms. The van der Waals surface area contributed by atoms with Gasteiger partial charge in [0.1, 0.15) is 5.75 Å². The van der Waals surface area contributed by atoms with E-state index in [0.717, 1.165) is 5.56 Å². The van der Waals surface area contributed by atoms with Gasteiger partial charge in [-0.15, -0.1) is 0 Å². The molecule has 0 saturated carbocycles. The molecule has 2 aromatic rings. The third kappa shape index (κ3) is 3.28. The van der Waals surface area contributed by atoms with Crippen LogP contribution in [-0.4, -0.2) is 11.3 Å². The van der Waals surface area contributed by atoms with Gasteiger partial charge < -0.3 is 10.5 Å².